The lowest BCUT2D eigenvalue weighted by atomic mass is 10.0. The van der Waals surface area contributed by atoms with Crippen LogP contribution in [0.4, 0.5) is 5.69 Å². The van der Waals surface area contributed by atoms with Gasteiger partial charge in [0, 0.05) is 30.4 Å². The number of hydrogen-bond donors (Lipinski definition) is 3. The highest BCUT2D eigenvalue weighted by atomic mass is 35.5. The van der Waals surface area contributed by atoms with Crippen LogP contribution in [-0.2, 0) is 0 Å². The van der Waals surface area contributed by atoms with Gasteiger partial charge in [0.15, 0.2) is 0 Å². The molecular formula is C15H27Cl2N3O. The molecule has 0 bridgehead atoms. The first kappa shape index (κ1) is 22.3. The number of hydrogen-bond acceptors (Lipinski definition) is 3. The quantitative estimate of drug-likeness (QED) is 0.748. The number of nitrogens with two attached hydrogens (primary N) is 1. The smallest absolute Gasteiger partial charge is 0.251 e. The highest BCUT2D eigenvalue weighted by molar-refractivity contribution is 5.97. The van der Waals surface area contributed by atoms with Crippen molar-refractivity contribution in [3.63, 3.8) is 0 Å². The van der Waals surface area contributed by atoms with Crippen molar-refractivity contribution in [1.82, 2.24) is 5.32 Å². The zero-order chi connectivity index (χ0) is 14.4. The molecule has 1 amide bonds. The minimum absolute atomic E-state index is 0. The molecule has 1 aromatic carbocycles. The van der Waals surface area contributed by atoms with E-state index in [4.69, 9.17) is 5.73 Å². The Kier molecular flexibility index (Phi) is 11.4. The molecule has 1 unspecified atom stereocenters. The summed E-state index contributed by atoms with van der Waals surface area (Å²) in [6, 6.07) is 6.11. The van der Waals surface area contributed by atoms with Crippen LogP contribution in [0.2, 0.25) is 0 Å². The number of carbonyl (C=O) groups is 1. The summed E-state index contributed by atoms with van der Waals surface area (Å²) in [6.07, 6.45) is 0. The molecule has 0 aliphatic carbocycles. The lowest BCUT2D eigenvalue weighted by Crippen LogP contribution is -2.30. The van der Waals surface area contributed by atoms with E-state index >= 15 is 0 Å². The molecule has 0 saturated heterocycles. The lowest BCUT2D eigenvalue weighted by Gasteiger charge is -2.21. The molecule has 0 fully saturated rings. The lowest BCUT2D eigenvalue weighted by molar-refractivity contribution is 0.0954. The van der Waals surface area contributed by atoms with E-state index < -0.39 is 0 Å². The standard InChI is InChI=1S/C15H25N3O.2ClH/c1-10(2)12(4)18-14-7-5-6-13(11(14)3)15(19)17-9-8-16;;/h5-7,10,12,18H,8-9,16H2,1-4H3,(H,17,19);2*1H. The fraction of sp³-hybridized carbons (Fsp3) is 0.533. The normalized spacial score (nSPS) is 11.1. The second-order valence-corrected chi connectivity index (χ2v) is 5.20. The zero-order valence-corrected chi connectivity index (χ0v) is 14.7. The third-order valence-corrected chi connectivity index (χ3v) is 3.39. The van der Waals surface area contributed by atoms with Crippen molar-refractivity contribution in [3.8, 4) is 0 Å². The van der Waals surface area contributed by atoms with Gasteiger partial charge >= 0.3 is 0 Å². The van der Waals surface area contributed by atoms with Crippen molar-refractivity contribution < 1.29 is 4.79 Å². The van der Waals surface area contributed by atoms with Crippen LogP contribution in [0.15, 0.2) is 18.2 Å². The Morgan fingerprint density at radius 1 is 1.24 bits per heavy atom. The number of amides is 1. The molecule has 0 aliphatic heterocycles. The summed E-state index contributed by atoms with van der Waals surface area (Å²) in [7, 11) is 0. The summed E-state index contributed by atoms with van der Waals surface area (Å²) in [5.74, 6) is 0.470. The molecule has 1 rings (SSSR count). The monoisotopic (exact) mass is 335 g/mol. The van der Waals surface area contributed by atoms with Crippen molar-refractivity contribution in [2.75, 3.05) is 18.4 Å². The summed E-state index contributed by atoms with van der Waals surface area (Å²) >= 11 is 0. The topological polar surface area (TPSA) is 67.2 Å². The second-order valence-electron chi connectivity index (χ2n) is 5.20. The Balaban J connectivity index is 0. The molecule has 1 aromatic rings. The van der Waals surface area contributed by atoms with Gasteiger partial charge in [0.05, 0.1) is 0 Å². The average molecular weight is 336 g/mol. The van der Waals surface area contributed by atoms with E-state index in [1.54, 1.807) is 0 Å². The van der Waals surface area contributed by atoms with E-state index in [0.717, 1.165) is 11.3 Å². The summed E-state index contributed by atoms with van der Waals surface area (Å²) in [4.78, 5) is 12.0. The van der Waals surface area contributed by atoms with Crippen LogP contribution < -0.4 is 16.4 Å². The van der Waals surface area contributed by atoms with Crippen LogP contribution >= 0.6 is 24.8 Å². The van der Waals surface area contributed by atoms with Crippen molar-refractivity contribution in [2.24, 2.45) is 11.7 Å². The minimum Gasteiger partial charge on any atom is -0.382 e. The molecule has 0 radical (unpaired) electrons. The van der Waals surface area contributed by atoms with Gasteiger partial charge in [-0.25, -0.2) is 0 Å². The third-order valence-electron chi connectivity index (χ3n) is 3.39. The highest BCUT2D eigenvalue weighted by Gasteiger charge is 2.13. The number of anilines is 1. The Bertz CT molecular complexity index is 439. The van der Waals surface area contributed by atoms with E-state index in [-0.39, 0.29) is 30.7 Å². The maximum Gasteiger partial charge on any atom is 0.251 e. The first-order chi connectivity index (χ1) is 8.97. The molecule has 0 aliphatic rings. The first-order valence-electron chi connectivity index (χ1n) is 6.81. The predicted octanol–water partition coefficient (Wildman–Crippen LogP) is 2.98. The second kappa shape index (κ2) is 10.7. The van der Waals surface area contributed by atoms with Gasteiger partial charge in [0.1, 0.15) is 0 Å². The Morgan fingerprint density at radius 2 is 1.86 bits per heavy atom. The Hall–Kier alpha value is -0.970. The van der Waals surface area contributed by atoms with Crippen LogP contribution in [0, 0.1) is 12.8 Å². The molecule has 0 spiro atoms. The predicted molar refractivity (Wildman–Crippen MR) is 95.0 cm³/mol. The third kappa shape index (κ3) is 6.55. The molecule has 0 heterocycles. The summed E-state index contributed by atoms with van der Waals surface area (Å²) in [5, 5.41) is 6.26. The van der Waals surface area contributed by atoms with Gasteiger partial charge in [0.25, 0.3) is 5.91 Å². The van der Waals surface area contributed by atoms with Crippen LogP contribution in [0.5, 0.6) is 0 Å². The summed E-state index contributed by atoms with van der Waals surface area (Å²) in [6.45, 7) is 9.40. The zero-order valence-electron chi connectivity index (χ0n) is 13.1. The fourth-order valence-electron chi connectivity index (χ4n) is 1.73. The molecular weight excluding hydrogens is 309 g/mol. The van der Waals surface area contributed by atoms with E-state index in [1.165, 1.54) is 0 Å². The van der Waals surface area contributed by atoms with Gasteiger partial charge in [-0.3, -0.25) is 4.79 Å². The molecule has 4 N–H and O–H groups in total. The molecule has 0 saturated carbocycles. The molecule has 4 nitrogen and oxygen atoms in total. The Morgan fingerprint density at radius 3 is 2.38 bits per heavy atom. The number of halogens is 2. The van der Waals surface area contributed by atoms with Crippen LogP contribution in [0.3, 0.4) is 0 Å². The van der Waals surface area contributed by atoms with Gasteiger partial charge in [-0.05, 0) is 37.5 Å². The summed E-state index contributed by atoms with van der Waals surface area (Å²) < 4.78 is 0. The van der Waals surface area contributed by atoms with Crippen LogP contribution in [0.1, 0.15) is 36.7 Å². The van der Waals surface area contributed by atoms with Gasteiger partial charge < -0.3 is 16.4 Å². The number of rotatable bonds is 6. The van der Waals surface area contributed by atoms with Gasteiger partial charge in [-0.1, -0.05) is 19.9 Å². The van der Waals surface area contributed by atoms with Gasteiger partial charge in [-0.2, -0.15) is 0 Å². The van der Waals surface area contributed by atoms with Crippen LogP contribution in [-0.4, -0.2) is 25.0 Å². The fourth-order valence-corrected chi connectivity index (χ4v) is 1.73. The van der Waals surface area contributed by atoms with Gasteiger partial charge in [0.2, 0.25) is 0 Å². The van der Waals surface area contributed by atoms with Crippen molar-refractivity contribution in [3.05, 3.63) is 29.3 Å². The SMILES string of the molecule is Cc1c(NC(C)C(C)C)cccc1C(=O)NCCN.Cl.Cl. The van der Waals surface area contributed by atoms with E-state index in [9.17, 15) is 4.79 Å². The largest absolute Gasteiger partial charge is 0.382 e. The first-order valence-corrected chi connectivity index (χ1v) is 6.81. The number of carbonyl (C=O) groups excluding carboxylic acids is 1. The highest BCUT2D eigenvalue weighted by Crippen LogP contribution is 2.21. The Labute approximate surface area is 140 Å². The van der Waals surface area contributed by atoms with Gasteiger partial charge in [-0.15, -0.1) is 24.8 Å². The van der Waals surface area contributed by atoms with E-state index in [0.29, 0.717) is 30.6 Å². The molecule has 6 heteroatoms. The van der Waals surface area contributed by atoms with Crippen molar-refractivity contribution >= 4 is 36.4 Å². The van der Waals surface area contributed by atoms with E-state index in [1.807, 2.05) is 25.1 Å². The molecule has 122 valence electrons. The maximum atomic E-state index is 12.0. The minimum atomic E-state index is -0.0659. The summed E-state index contributed by atoms with van der Waals surface area (Å²) in [5.41, 5.74) is 8.09. The van der Waals surface area contributed by atoms with Crippen molar-refractivity contribution in [1.29, 1.82) is 0 Å². The molecule has 0 aromatic heterocycles. The van der Waals surface area contributed by atoms with Crippen LogP contribution in [0.25, 0.3) is 0 Å². The van der Waals surface area contributed by atoms with E-state index in [2.05, 4.69) is 31.4 Å². The maximum absolute atomic E-state index is 12.0. The molecule has 21 heavy (non-hydrogen) atoms. The number of benzene rings is 1. The molecule has 1 atom stereocenters. The number of nitrogens with one attached hydrogen (secondary N) is 2. The van der Waals surface area contributed by atoms with Crippen molar-refractivity contribution in [2.45, 2.75) is 33.7 Å². The average Bonchev–Trinajstić information content (AvgIpc) is 2.38.